The number of nitrogens with one attached hydrogen (secondary N) is 2. The van der Waals surface area contributed by atoms with Gasteiger partial charge in [-0.3, -0.25) is 9.89 Å². The Morgan fingerprint density at radius 1 is 1.23 bits per heavy atom. The maximum absolute atomic E-state index is 5.74. The Bertz CT molecular complexity index is 395. The summed E-state index contributed by atoms with van der Waals surface area (Å²) in [5.74, 6) is 1.48. The number of rotatable bonds is 9. The molecule has 2 saturated heterocycles. The van der Waals surface area contributed by atoms with Gasteiger partial charge < -0.3 is 20.1 Å². The fourth-order valence-electron chi connectivity index (χ4n) is 3.48. The van der Waals surface area contributed by atoms with Crippen LogP contribution in [0.2, 0.25) is 0 Å². The molecule has 26 heavy (non-hydrogen) atoms. The Hall–Kier alpha value is -0.120. The van der Waals surface area contributed by atoms with E-state index in [1.165, 1.54) is 32.4 Å². The molecule has 0 radical (unpaired) electrons. The molecule has 0 spiro atoms. The lowest BCUT2D eigenvalue weighted by molar-refractivity contribution is 0.0886. The van der Waals surface area contributed by atoms with Crippen LogP contribution in [0.3, 0.4) is 0 Å². The molecule has 2 heterocycles. The second-order valence-electron chi connectivity index (χ2n) is 7.87. The first-order valence-corrected chi connectivity index (χ1v) is 9.97. The van der Waals surface area contributed by atoms with Crippen molar-refractivity contribution in [2.24, 2.45) is 10.9 Å². The largest absolute Gasteiger partial charge is 0.381 e. The molecule has 0 amide bonds. The summed E-state index contributed by atoms with van der Waals surface area (Å²) in [5.41, 5.74) is 0.157. The lowest BCUT2D eigenvalue weighted by Crippen LogP contribution is -2.54. The third kappa shape index (κ3) is 8.71. The summed E-state index contributed by atoms with van der Waals surface area (Å²) < 4.78 is 11.1. The summed E-state index contributed by atoms with van der Waals surface area (Å²) in [4.78, 5) is 6.93. The van der Waals surface area contributed by atoms with Gasteiger partial charge >= 0.3 is 0 Å². The first kappa shape index (κ1) is 23.9. The van der Waals surface area contributed by atoms with Crippen LogP contribution in [0.15, 0.2) is 4.99 Å². The van der Waals surface area contributed by atoms with Gasteiger partial charge in [0.2, 0.25) is 0 Å². The monoisotopic (exact) mass is 482 g/mol. The number of guanidine groups is 1. The number of piperidine rings is 1. The minimum atomic E-state index is 0. The molecule has 0 aromatic rings. The summed E-state index contributed by atoms with van der Waals surface area (Å²) in [6.45, 7) is 12.2. The molecule has 1 unspecified atom stereocenters. The van der Waals surface area contributed by atoms with E-state index in [-0.39, 0.29) is 29.5 Å². The highest BCUT2D eigenvalue weighted by Crippen LogP contribution is 2.19. The first-order chi connectivity index (χ1) is 12.1. The van der Waals surface area contributed by atoms with Gasteiger partial charge in [-0.25, -0.2) is 0 Å². The Labute approximate surface area is 176 Å². The van der Waals surface area contributed by atoms with Crippen LogP contribution in [0.1, 0.15) is 46.0 Å². The van der Waals surface area contributed by atoms with Crippen molar-refractivity contribution in [1.82, 2.24) is 15.5 Å². The van der Waals surface area contributed by atoms with Crippen LogP contribution in [-0.2, 0) is 9.47 Å². The van der Waals surface area contributed by atoms with Gasteiger partial charge in [-0.1, -0.05) is 6.42 Å². The van der Waals surface area contributed by atoms with E-state index in [0.717, 1.165) is 58.3 Å². The molecule has 2 aliphatic rings. The predicted octanol–water partition coefficient (Wildman–Crippen LogP) is 2.48. The van der Waals surface area contributed by atoms with Crippen LogP contribution in [0.5, 0.6) is 0 Å². The van der Waals surface area contributed by atoms with Gasteiger partial charge in [0.1, 0.15) is 0 Å². The summed E-state index contributed by atoms with van der Waals surface area (Å²) in [5, 5.41) is 6.87. The van der Waals surface area contributed by atoms with E-state index in [2.05, 4.69) is 34.4 Å². The topological polar surface area (TPSA) is 58.1 Å². The van der Waals surface area contributed by atoms with E-state index in [4.69, 9.17) is 9.47 Å². The molecule has 0 saturated carbocycles. The Balaban J connectivity index is 0.00000338. The Morgan fingerprint density at radius 3 is 2.65 bits per heavy atom. The fourth-order valence-corrected chi connectivity index (χ4v) is 3.48. The number of ether oxygens (including phenoxy) is 2. The van der Waals surface area contributed by atoms with Gasteiger partial charge in [-0.2, -0.15) is 0 Å². The van der Waals surface area contributed by atoms with Gasteiger partial charge in [-0.15, -0.1) is 24.0 Å². The van der Waals surface area contributed by atoms with E-state index in [0.29, 0.717) is 5.92 Å². The van der Waals surface area contributed by atoms with Crippen molar-refractivity contribution >= 4 is 29.9 Å². The summed E-state index contributed by atoms with van der Waals surface area (Å²) in [6.07, 6.45) is 6.15. The molecule has 0 bridgehead atoms. The van der Waals surface area contributed by atoms with Crippen LogP contribution in [0.4, 0.5) is 0 Å². The minimum Gasteiger partial charge on any atom is -0.381 e. The molecule has 0 aromatic heterocycles. The lowest BCUT2D eigenvalue weighted by atomic mass is 9.98. The number of hydrogen-bond acceptors (Lipinski definition) is 4. The standard InChI is InChI=1S/C19H38N4O2.HI/c1-19(2,23-10-5-4-6-11-23)16-22-18(20-3)21-9-7-12-24-14-17-8-13-25-15-17;/h17H,4-16H2,1-3H3,(H2,20,21,22);1H. The van der Waals surface area contributed by atoms with Gasteiger partial charge in [0, 0.05) is 44.8 Å². The number of aliphatic imine (C=N–C) groups is 1. The zero-order chi connectivity index (χ0) is 18.0. The Morgan fingerprint density at radius 2 is 2.00 bits per heavy atom. The molecule has 0 aromatic carbocycles. The SMILES string of the molecule is CN=C(NCCCOCC1CCOC1)NCC(C)(C)N1CCCCC1.I. The normalized spacial score (nSPS) is 22.1. The zero-order valence-corrected chi connectivity index (χ0v) is 19.2. The van der Waals surface area contributed by atoms with Crippen molar-refractivity contribution < 1.29 is 9.47 Å². The van der Waals surface area contributed by atoms with Gasteiger partial charge in [-0.05, 0) is 52.6 Å². The average molecular weight is 482 g/mol. The zero-order valence-electron chi connectivity index (χ0n) is 16.9. The summed E-state index contributed by atoms with van der Waals surface area (Å²) in [6, 6.07) is 0. The van der Waals surface area contributed by atoms with E-state index < -0.39 is 0 Å². The van der Waals surface area contributed by atoms with E-state index in [1.807, 2.05) is 7.05 Å². The average Bonchev–Trinajstić information content (AvgIpc) is 3.14. The van der Waals surface area contributed by atoms with Crippen molar-refractivity contribution in [3.05, 3.63) is 0 Å². The molecule has 1 atom stereocenters. The Kier molecular flexibility index (Phi) is 12.1. The van der Waals surface area contributed by atoms with Crippen molar-refractivity contribution in [2.45, 2.75) is 51.5 Å². The van der Waals surface area contributed by atoms with Gasteiger partial charge in [0.05, 0.1) is 13.2 Å². The molecule has 154 valence electrons. The molecule has 2 N–H and O–H groups in total. The number of likely N-dealkylation sites (tertiary alicyclic amines) is 1. The van der Waals surface area contributed by atoms with E-state index in [1.54, 1.807) is 0 Å². The maximum atomic E-state index is 5.74. The fraction of sp³-hybridized carbons (Fsp3) is 0.947. The van der Waals surface area contributed by atoms with E-state index >= 15 is 0 Å². The predicted molar refractivity (Wildman–Crippen MR) is 119 cm³/mol. The molecule has 2 fully saturated rings. The molecule has 0 aliphatic carbocycles. The van der Waals surface area contributed by atoms with Crippen LogP contribution in [-0.4, -0.2) is 76.1 Å². The van der Waals surface area contributed by atoms with Crippen molar-refractivity contribution in [2.75, 3.05) is 59.7 Å². The minimum absolute atomic E-state index is 0. The van der Waals surface area contributed by atoms with Crippen molar-refractivity contribution in [3.8, 4) is 0 Å². The highest BCUT2D eigenvalue weighted by Gasteiger charge is 2.27. The van der Waals surface area contributed by atoms with Crippen LogP contribution in [0.25, 0.3) is 0 Å². The first-order valence-electron chi connectivity index (χ1n) is 9.97. The third-order valence-electron chi connectivity index (χ3n) is 5.26. The van der Waals surface area contributed by atoms with Crippen molar-refractivity contribution in [3.63, 3.8) is 0 Å². The second-order valence-corrected chi connectivity index (χ2v) is 7.87. The smallest absolute Gasteiger partial charge is 0.191 e. The summed E-state index contributed by atoms with van der Waals surface area (Å²) >= 11 is 0. The quantitative estimate of drug-likeness (QED) is 0.229. The second kappa shape index (κ2) is 13.1. The molecule has 7 heteroatoms. The third-order valence-corrected chi connectivity index (χ3v) is 5.26. The summed E-state index contributed by atoms with van der Waals surface area (Å²) in [7, 11) is 1.83. The van der Waals surface area contributed by atoms with Gasteiger partial charge in [0.25, 0.3) is 0 Å². The number of hydrogen-bond donors (Lipinski definition) is 2. The number of nitrogens with zero attached hydrogens (tertiary/aromatic N) is 2. The highest BCUT2D eigenvalue weighted by molar-refractivity contribution is 14.0. The highest BCUT2D eigenvalue weighted by atomic mass is 127. The molecule has 6 nitrogen and oxygen atoms in total. The molecule has 2 rings (SSSR count). The van der Waals surface area contributed by atoms with E-state index in [9.17, 15) is 0 Å². The molecule has 2 aliphatic heterocycles. The van der Waals surface area contributed by atoms with Crippen LogP contribution in [0, 0.1) is 5.92 Å². The number of halogens is 1. The molecular weight excluding hydrogens is 443 g/mol. The maximum Gasteiger partial charge on any atom is 0.191 e. The van der Waals surface area contributed by atoms with Crippen LogP contribution < -0.4 is 10.6 Å². The van der Waals surface area contributed by atoms with Gasteiger partial charge in [0.15, 0.2) is 5.96 Å². The lowest BCUT2D eigenvalue weighted by Gasteiger charge is -2.41. The van der Waals surface area contributed by atoms with Crippen molar-refractivity contribution in [1.29, 1.82) is 0 Å². The molecular formula is C19H39IN4O2. The van der Waals surface area contributed by atoms with Crippen LogP contribution >= 0.6 is 24.0 Å².